The van der Waals surface area contributed by atoms with Gasteiger partial charge < -0.3 is 15.4 Å². The minimum Gasteiger partial charge on any atom is -0.377 e. The van der Waals surface area contributed by atoms with Gasteiger partial charge in [-0.1, -0.05) is 12.5 Å². The van der Waals surface area contributed by atoms with Gasteiger partial charge in [-0.05, 0) is 24.8 Å². The molecule has 114 valence electrons. The minimum absolute atomic E-state index is 0.198. The maximum absolute atomic E-state index is 11.8. The molecule has 0 bridgehead atoms. The van der Waals surface area contributed by atoms with E-state index in [1.165, 1.54) is 0 Å². The van der Waals surface area contributed by atoms with Crippen LogP contribution >= 0.6 is 0 Å². The van der Waals surface area contributed by atoms with Gasteiger partial charge in [0.25, 0.3) is 0 Å². The largest absolute Gasteiger partial charge is 0.377 e. The van der Waals surface area contributed by atoms with Gasteiger partial charge in [0.05, 0.1) is 24.2 Å². The monoisotopic (exact) mass is 302 g/mol. The molecule has 1 unspecified atom stereocenters. The number of hydrogen-bond donors (Lipinski definition) is 2. The molecule has 2 heterocycles. The molecule has 0 aromatic rings. The van der Waals surface area contributed by atoms with Crippen molar-refractivity contribution < 1.29 is 17.9 Å². The molecule has 0 radical (unpaired) electrons. The van der Waals surface area contributed by atoms with E-state index >= 15 is 0 Å². The number of carbonyl (C=O) groups is 1. The maximum Gasteiger partial charge on any atom is 0.315 e. The fourth-order valence-corrected chi connectivity index (χ4v) is 4.25. The van der Waals surface area contributed by atoms with Crippen LogP contribution in [0.25, 0.3) is 0 Å². The van der Waals surface area contributed by atoms with Crippen molar-refractivity contribution in [2.75, 3.05) is 32.1 Å². The molecule has 1 saturated heterocycles. The molecule has 0 aromatic heterocycles. The summed E-state index contributed by atoms with van der Waals surface area (Å²) < 4.78 is 28.9. The Balaban J connectivity index is 1.70. The van der Waals surface area contributed by atoms with Crippen molar-refractivity contribution in [3.8, 4) is 0 Å². The lowest BCUT2D eigenvalue weighted by Gasteiger charge is -2.22. The number of sulfone groups is 1. The average molecular weight is 302 g/mol. The van der Waals surface area contributed by atoms with Crippen molar-refractivity contribution in [1.29, 1.82) is 0 Å². The van der Waals surface area contributed by atoms with Crippen LogP contribution in [0.5, 0.6) is 0 Å². The van der Waals surface area contributed by atoms with Gasteiger partial charge in [0.15, 0.2) is 9.84 Å². The maximum atomic E-state index is 11.8. The number of amides is 2. The Hall–Kier alpha value is -1.08. The zero-order valence-corrected chi connectivity index (χ0v) is 12.4. The van der Waals surface area contributed by atoms with Gasteiger partial charge >= 0.3 is 6.03 Å². The summed E-state index contributed by atoms with van der Waals surface area (Å²) in [6.07, 6.45) is 5.23. The van der Waals surface area contributed by atoms with E-state index < -0.39 is 15.1 Å². The first-order valence-corrected chi connectivity index (χ1v) is 8.78. The minimum atomic E-state index is -3.03. The fourth-order valence-electron chi connectivity index (χ4n) is 2.45. The Kier molecular flexibility index (Phi) is 5.42. The topological polar surface area (TPSA) is 84.5 Å². The zero-order valence-electron chi connectivity index (χ0n) is 11.6. The summed E-state index contributed by atoms with van der Waals surface area (Å²) in [6.45, 7) is 1.93. The molecule has 7 heteroatoms. The van der Waals surface area contributed by atoms with E-state index in [9.17, 15) is 13.2 Å². The smallest absolute Gasteiger partial charge is 0.315 e. The number of urea groups is 1. The molecule has 1 atom stereocenters. The number of ether oxygens (including phenoxy) is 1. The van der Waals surface area contributed by atoms with E-state index in [-0.39, 0.29) is 18.3 Å². The van der Waals surface area contributed by atoms with E-state index in [2.05, 4.69) is 16.7 Å². The Morgan fingerprint density at radius 3 is 2.90 bits per heavy atom. The van der Waals surface area contributed by atoms with Gasteiger partial charge in [0.2, 0.25) is 0 Å². The van der Waals surface area contributed by atoms with Crippen LogP contribution in [-0.2, 0) is 14.6 Å². The molecule has 2 amide bonds. The van der Waals surface area contributed by atoms with Crippen molar-refractivity contribution in [3.63, 3.8) is 0 Å². The van der Waals surface area contributed by atoms with Crippen molar-refractivity contribution in [1.82, 2.24) is 10.6 Å². The number of carbonyl (C=O) groups excluding carboxylic acids is 1. The summed E-state index contributed by atoms with van der Waals surface area (Å²) >= 11 is 0. The zero-order chi connectivity index (χ0) is 14.4. The summed E-state index contributed by atoms with van der Waals surface area (Å²) in [6, 6.07) is -0.322. The molecule has 2 N–H and O–H groups in total. The molecule has 1 fully saturated rings. The second-order valence-corrected chi connectivity index (χ2v) is 7.65. The summed E-state index contributed by atoms with van der Waals surface area (Å²) in [5, 5.41) is 4.95. The van der Waals surface area contributed by atoms with E-state index in [0.717, 1.165) is 31.4 Å². The average Bonchev–Trinajstić information content (AvgIpc) is 2.44. The van der Waals surface area contributed by atoms with Crippen LogP contribution in [0.3, 0.4) is 0 Å². The number of rotatable bonds is 4. The van der Waals surface area contributed by atoms with Crippen LogP contribution in [0, 0.1) is 0 Å². The highest BCUT2D eigenvalue weighted by atomic mass is 32.2. The van der Waals surface area contributed by atoms with E-state index in [1.54, 1.807) is 0 Å². The van der Waals surface area contributed by atoms with Crippen molar-refractivity contribution in [2.45, 2.75) is 30.9 Å². The first-order valence-electron chi connectivity index (χ1n) is 7.07. The van der Waals surface area contributed by atoms with Crippen molar-refractivity contribution >= 4 is 15.9 Å². The van der Waals surface area contributed by atoms with Gasteiger partial charge in [-0.25, -0.2) is 13.2 Å². The van der Waals surface area contributed by atoms with Gasteiger partial charge in [-0.15, -0.1) is 0 Å². The molecule has 0 aliphatic carbocycles. The first-order chi connectivity index (χ1) is 9.58. The molecular formula is C13H22N2O4S. The Morgan fingerprint density at radius 1 is 1.35 bits per heavy atom. The molecule has 0 saturated carbocycles. The van der Waals surface area contributed by atoms with Gasteiger partial charge in [-0.3, -0.25) is 0 Å². The van der Waals surface area contributed by atoms with Gasteiger partial charge in [-0.2, -0.15) is 0 Å². The molecular weight excluding hydrogens is 280 g/mol. The third kappa shape index (κ3) is 4.49. The standard InChI is InChI=1S/C13H22N2O4S/c16-13(14-8-11-4-3-6-19-10-11)15-9-12-5-1-2-7-20(12,17)18/h4,12H,1-3,5-10H2,(H2,14,15,16). The lowest BCUT2D eigenvalue weighted by molar-refractivity contribution is 0.149. The van der Waals surface area contributed by atoms with Crippen LogP contribution in [0.1, 0.15) is 25.7 Å². The molecule has 2 rings (SSSR count). The highest BCUT2D eigenvalue weighted by Crippen LogP contribution is 2.18. The van der Waals surface area contributed by atoms with Crippen molar-refractivity contribution in [3.05, 3.63) is 11.6 Å². The predicted octanol–water partition coefficient (Wildman–Crippen LogP) is 0.600. The molecule has 20 heavy (non-hydrogen) atoms. The normalized spacial score (nSPS) is 25.6. The van der Waals surface area contributed by atoms with Crippen LogP contribution < -0.4 is 10.6 Å². The second kappa shape index (κ2) is 7.08. The highest BCUT2D eigenvalue weighted by Gasteiger charge is 2.28. The molecule has 0 spiro atoms. The lowest BCUT2D eigenvalue weighted by Crippen LogP contribution is -2.44. The predicted molar refractivity (Wildman–Crippen MR) is 76.3 cm³/mol. The molecule has 2 aliphatic heterocycles. The van der Waals surface area contributed by atoms with E-state index in [0.29, 0.717) is 19.6 Å². The molecule has 2 aliphatic rings. The molecule has 0 aromatic carbocycles. The fraction of sp³-hybridized carbons (Fsp3) is 0.769. The van der Waals surface area contributed by atoms with Gasteiger partial charge in [0.1, 0.15) is 0 Å². The Bertz CT molecular complexity index is 473. The van der Waals surface area contributed by atoms with Crippen LogP contribution in [0.2, 0.25) is 0 Å². The Morgan fingerprint density at radius 2 is 2.20 bits per heavy atom. The third-order valence-corrected chi connectivity index (χ3v) is 5.94. The third-order valence-electron chi connectivity index (χ3n) is 3.66. The first kappa shape index (κ1) is 15.3. The van der Waals surface area contributed by atoms with E-state index in [1.807, 2.05) is 0 Å². The van der Waals surface area contributed by atoms with Crippen LogP contribution in [0.15, 0.2) is 11.6 Å². The summed E-state index contributed by atoms with van der Waals surface area (Å²) in [7, 11) is -3.03. The quantitative estimate of drug-likeness (QED) is 0.745. The summed E-state index contributed by atoms with van der Waals surface area (Å²) in [5.41, 5.74) is 1.05. The number of nitrogens with one attached hydrogen (secondary N) is 2. The SMILES string of the molecule is O=C(NCC1=CCCOC1)NCC1CCCCS1(=O)=O. The second-order valence-electron chi connectivity index (χ2n) is 5.25. The van der Waals surface area contributed by atoms with Crippen LogP contribution in [-0.4, -0.2) is 51.8 Å². The van der Waals surface area contributed by atoms with Crippen LogP contribution in [0.4, 0.5) is 4.79 Å². The lowest BCUT2D eigenvalue weighted by atomic mass is 10.2. The van der Waals surface area contributed by atoms with Gasteiger partial charge in [0, 0.05) is 13.1 Å². The van der Waals surface area contributed by atoms with E-state index in [4.69, 9.17) is 4.74 Å². The Labute approximate surface area is 119 Å². The summed E-state index contributed by atoms with van der Waals surface area (Å²) in [4.78, 5) is 11.7. The molecule has 6 nitrogen and oxygen atoms in total. The highest BCUT2D eigenvalue weighted by molar-refractivity contribution is 7.92. The van der Waals surface area contributed by atoms with Crippen molar-refractivity contribution in [2.24, 2.45) is 0 Å². The summed E-state index contributed by atoms with van der Waals surface area (Å²) in [5.74, 6) is 0.241. The number of hydrogen-bond acceptors (Lipinski definition) is 4.